The summed E-state index contributed by atoms with van der Waals surface area (Å²) < 4.78 is 13.3. The maximum absolute atomic E-state index is 13.3. The zero-order valence-corrected chi connectivity index (χ0v) is 8.38. The fourth-order valence-corrected chi connectivity index (χ4v) is 1.99. The maximum atomic E-state index is 13.3. The molecule has 1 nitrogen and oxygen atoms in total. The van der Waals surface area contributed by atoms with Crippen LogP contribution in [0.15, 0.2) is 24.3 Å². The molecule has 1 saturated heterocycles. The van der Waals surface area contributed by atoms with Crippen LogP contribution in [0.1, 0.15) is 24.8 Å². The molecule has 0 aromatic heterocycles. The Morgan fingerprint density at radius 2 is 1.79 bits per heavy atom. The normalized spacial score (nSPS) is 18.4. The molecule has 0 radical (unpaired) electrons. The Morgan fingerprint density at radius 3 is 2.50 bits per heavy atom. The van der Waals surface area contributed by atoms with Gasteiger partial charge in [-0.05, 0) is 32.0 Å². The second-order valence-electron chi connectivity index (χ2n) is 3.93. The maximum Gasteiger partial charge on any atom is 0.127 e. The highest BCUT2D eigenvalue weighted by Crippen LogP contribution is 2.14. The topological polar surface area (TPSA) is 3.24 Å². The predicted octanol–water partition coefficient (Wildman–Crippen LogP) is 2.81. The first kappa shape index (κ1) is 9.66. The van der Waals surface area contributed by atoms with Crippen molar-refractivity contribution < 1.29 is 4.39 Å². The lowest BCUT2D eigenvalue weighted by Crippen LogP contribution is -2.29. The number of benzene rings is 1. The fraction of sp³-hybridized carbons (Fsp3) is 0.500. The average Bonchev–Trinajstić information content (AvgIpc) is 2.23. The van der Waals surface area contributed by atoms with Crippen LogP contribution >= 0.6 is 0 Å². The zero-order valence-electron chi connectivity index (χ0n) is 8.38. The first-order valence-corrected chi connectivity index (χ1v) is 5.32. The number of likely N-dealkylation sites (tertiary alicyclic amines) is 1. The number of piperidine rings is 1. The summed E-state index contributed by atoms with van der Waals surface area (Å²) in [4.78, 5) is 2.34. The van der Waals surface area contributed by atoms with Gasteiger partial charge in [-0.15, -0.1) is 0 Å². The molecule has 1 fully saturated rings. The molecule has 2 heteroatoms. The molecule has 0 N–H and O–H groups in total. The Balaban J connectivity index is 1.99. The quantitative estimate of drug-likeness (QED) is 0.698. The zero-order chi connectivity index (χ0) is 9.80. The largest absolute Gasteiger partial charge is 0.299 e. The summed E-state index contributed by atoms with van der Waals surface area (Å²) in [5.41, 5.74) is 0.828. The third kappa shape index (κ3) is 2.32. The number of rotatable bonds is 2. The average molecular weight is 193 g/mol. The lowest BCUT2D eigenvalue weighted by Gasteiger charge is -2.26. The number of hydrogen-bond donors (Lipinski definition) is 0. The van der Waals surface area contributed by atoms with E-state index in [0.29, 0.717) is 0 Å². The van der Waals surface area contributed by atoms with Gasteiger partial charge in [0.05, 0.1) is 0 Å². The van der Waals surface area contributed by atoms with Crippen molar-refractivity contribution in [2.75, 3.05) is 13.1 Å². The van der Waals surface area contributed by atoms with Crippen LogP contribution in [0.4, 0.5) is 4.39 Å². The van der Waals surface area contributed by atoms with E-state index in [4.69, 9.17) is 0 Å². The second kappa shape index (κ2) is 4.56. The molecule has 1 aliphatic rings. The van der Waals surface area contributed by atoms with Crippen LogP contribution in [-0.2, 0) is 6.54 Å². The van der Waals surface area contributed by atoms with Crippen molar-refractivity contribution in [2.24, 2.45) is 0 Å². The number of nitrogens with zero attached hydrogens (tertiary/aromatic N) is 1. The summed E-state index contributed by atoms with van der Waals surface area (Å²) in [6.07, 6.45) is 3.84. The third-order valence-corrected chi connectivity index (χ3v) is 2.80. The van der Waals surface area contributed by atoms with Crippen molar-refractivity contribution in [3.63, 3.8) is 0 Å². The number of hydrogen-bond acceptors (Lipinski definition) is 1. The van der Waals surface area contributed by atoms with E-state index in [1.54, 1.807) is 12.1 Å². The van der Waals surface area contributed by atoms with Gasteiger partial charge < -0.3 is 0 Å². The molecule has 1 aliphatic heterocycles. The first-order chi connectivity index (χ1) is 6.86. The molecule has 0 amide bonds. The van der Waals surface area contributed by atoms with E-state index in [0.717, 1.165) is 25.2 Å². The van der Waals surface area contributed by atoms with Crippen molar-refractivity contribution in [2.45, 2.75) is 25.8 Å². The molecule has 76 valence electrons. The van der Waals surface area contributed by atoms with Crippen molar-refractivity contribution in [1.82, 2.24) is 4.90 Å². The van der Waals surface area contributed by atoms with E-state index in [9.17, 15) is 4.39 Å². The molecule has 2 rings (SSSR count). The van der Waals surface area contributed by atoms with Gasteiger partial charge in [-0.3, -0.25) is 4.90 Å². The summed E-state index contributed by atoms with van der Waals surface area (Å²) >= 11 is 0. The molecule has 0 unspecified atom stereocenters. The van der Waals surface area contributed by atoms with Gasteiger partial charge in [0.15, 0.2) is 0 Å². The van der Waals surface area contributed by atoms with Crippen molar-refractivity contribution in [3.05, 3.63) is 35.6 Å². The van der Waals surface area contributed by atoms with Gasteiger partial charge >= 0.3 is 0 Å². The summed E-state index contributed by atoms with van der Waals surface area (Å²) in [6, 6.07) is 7.07. The van der Waals surface area contributed by atoms with Gasteiger partial charge in [0.25, 0.3) is 0 Å². The van der Waals surface area contributed by atoms with Gasteiger partial charge in [-0.1, -0.05) is 24.6 Å². The molecule has 1 aromatic carbocycles. The minimum absolute atomic E-state index is 0.0712. The standard InChI is InChI=1S/C12H16FN/c13-12-7-3-2-6-11(12)10-14-8-4-1-5-9-14/h2-3,6-7H,1,4-5,8-10H2. The van der Waals surface area contributed by atoms with Gasteiger partial charge in [0.2, 0.25) is 0 Å². The van der Waals surface area contributed by atoms with Crippen molar-refractivity contribution >= 4 is 0 Å². The van der Waals surface area contributed by atoms with Crippen LogP contribution in [0.5, 0.6) is 0 Å². The van der Waals surface area contributed by atoms with Crippen molar-refractivity contribution in [1.29, 1.82) is 0 Å². The highest BCUT2D eigenvalue weighted by atomic mass is 19.1. The van der Waals surface area contributed by atoms with Crippen molar-refractivity contribution in [3.8, 4) is 0 Å². The van der Waals surface area contributed by atoms with E-state index in [2.05, 4.69) is 4.90 Å². The molecule has 0 spiro atoms. The predicted molar refractivity (Wildman–Crippen MR) is 55.5 cm³/mol. The Labute approximate surface area is 84.5 Å². The smallest absolute Gasteiger partial charge is 0.127 e. The minimum Gasteiger partial charge on any atom is -0.299 e. The summed E-state index contributed by atoms with van der Waals surface area (Å²) in [5.74, 6) is -0.0712. The minimum atomic E-state index is -0.0712. The lowest BCUT2D eigenvalue weighted by molar-refractivity contribution is 0.218. The van der Waals surface area contributed by atoms with E-state index in [1.165, 1.54) is 19.3 Å². The van der Waals surface area contributed by atoms with Gasteiger partial charge in [0.1, 0.15) is 5.82 Å². The Kier molecular flexibility index (Phi) is 3.14. The molecule has 0 aliphatic carbocycles. The molecule has 14 heavy (non-hydrogen) atoms. The van der Waals surface area contributed by atoms with Crippen LogP contribution in [-0.4, -0.2) is 18.0 Å². The second-order valence-corrected chi connectivity index (χ2v) is 3.93. The Morgan fingerprint density at radius 1 is 1.07 bits per heavy atom. The number of halogens is 1. The van der Waals surface area contributed by atoms with Crippen LogP contribution in [0.3, 0.4) is 0 Å². The summed E-state index contributed by atoms with van der Waals surface area (Å²) in [7, 11) is 0. The lowest BCUT2D eigenvalue weighted by atomic mass is 10.1. The van der Waals surface area contributed by atoms with E-state index in [1.807, 2.05) is 12.1 Å². The first-order valence-electron chi connectivity index (χ1n) is 5.32. The summed E-state index contributed by atoms with van der Waals surface area (Å²) in [6.45, 7) is 3.01. The molecular weight excluding hydrogens is 177 g/mol. The SMILES string of the molecule is Fc1ccccc1CN1CCCCC1. The molecule has 0 bridgehead atoms. The van der Waals surface area contributed by atoms with Gasteiger partial charge in [-0.2, -0.15) is 0 Å². The van der Waals surface area contributed by atoms with Crippen LogP contribution in [0.25, 0.3) is 0 Å². The molecular formula is C12H16FN. The Bertz CT molecular complexity index is 292. The molecule has 0 atom stereocenters. The van der Waals surface area contributed by atoms with Crippen LogP contribution in [0.2, 0.25) is 0 Å². The summed E-state index contributed by atoms with van der Waals surface area (Å²) in [5, 5.41) is 0. The van der Waals surface area contributed by atoms with Crippen LogP contribution < -0.4 is 0 Å². The Hall–Kier alpha value is -0.890. The fourth-order valence-electron chi connectivity index (χ4n) is 1.99. The van der Waals surface area contributed by atoms with Gasteiger partial charge in [0, 0.05) is 12.1 Å². The highest BCUT2D eigenvalue weighted by Gasteiger charge is 2.11. The van der Waals surface area contributed by atoms with E-state index >= 15 is 0 Å². The van der Waals surface area contributed by atoms with E-state index in [-0.39, 0.29) is 5.82 Å². The van der Waals surface area contributed by atoms with Gasteiger partial charge in [-0.25, -0.2) is 4.39 Å². The molecule has 1 heterocycles. The van der Waals surface area contributed by atoms with E-state index < -0.39 is 0 Å². The van der Waals surface area contributed by atoms with Crippen LogP contribution in [0, 0.1) is 5.82 Å². The third-order valence-electron chi connectivity index (χ3n) is 2.80. The highest BCUT2D eigenvalue weighted by molar-refractivity contribution is 5.17. The molecule has 1 aromatic rings. The molecule has 0 saturated carbocycles. The monoisotopic (exact) mass is 193 g/mol.